The molecule has 0 bridgehead atoms. The zero-order chi connectivity index (χ0) is 14.3. The summed E-state index contributed by atoms with van der Waals surface area (Å²) in [5.74, 6) is -0.923. The lowest BCUT2D eigenvalue weighted by molar-refractivity contribution is -0.138. The molecule has 0 atom stereocenters. The average Bonchev–Trinajstić information content (AvgIpc) is 2.84. The average molecular weight is 294 g/mol. The predicted octanol–water partition coefficient (Wildman–Crippen LogP) is 1.94. The van der Waals surface area contributed by atoms with Crippen LogP contribution in [-0.2, 0) is 4.79 Å². The van der Waals surface area contributed by atoms with Gasteiger partial charge in [-0.25, -0.2) is 0 Å². The number of rotatable bonds is 6. The van der Waals surface area contributed by atoms with Crippen LogP contribution < -0.4 is 10.6 Å². The standard InChI is InChI=1S/C11H13F3N2O2S/c12-11(13,14)7-16-9(17)4-1-5-15-10(18)8-3-2-6-19-8/h2-3,6H,1,4-5,7H2,(H,15,18)(H,16,17). The van der Waals surface area contributed by atoms with Gasteiger partial charge in [-0.05, 0) is 17.9 Å². The highest BCUT2D eigenvalue weighted by molar-refractivity contribution is 7.12. The Kier molecular flexibility index (Phi) is 5.81. The van der Waals surface area contributed by atoms with Gasteiger partial charge in [-0.2, -0.15) is 13.2 Å². The third-order valence-electron chi connectivity index (χ3n) is 2.10. The predicted molar refractivity (Wildman–Crippen MR) is 65.0 cm³/mol. The second-order valence-electron chi connectivity index (χ2n) is 3.73. The lowest BCUT2D eigenvalue weighted by Gasteiger charge is -2.08. The van der Waals surface area contributed by atoms with E-state index in [4.69, 9.17) is 0 Å². The number of alkyl halides is 3. The second-order valence-corrected chi connectivity index (χ2v) is 4.68. The summed E-state index contributed by atoms with van der Waals surface area (Å²) in [6.07, 6.45) is -4.16. The largest absolute Gasteiger partial charge is 0.405 e. The molecule has 0 saturated heterocycles. The Balaban J connectivity index is 2.11. The molecule has 1 rings (SSSR count). The van der Waals surface area contributed by atoms with Crippen molar-refractivity contribution < 1.29 is 22.8 Å². The first-order chi connectivity index (χ1) is 8.88. The lowest BCUT2D eigenvalue weighted by Crippen LogP contribution is -2.34. The van der Waals surface area contributed by atoms with Crippen molar-refractivity contribution in [1.29, 1.82) is 0 Å². The van der Waals surface area contributed by atoms with Crippen molar-refractivity contribution in [3.05, 3.63) is 22.4 Å². The van der Waals surface area contributed by atoms with Crippen molar-refractivity contribution in [3.8, 4) is 0 Å². The molecular weight excluding hydrogens is 281 g/mol. The Labute approximate surface area is 112 Å². The molecule has 0 fully saturated rings. The molecule has 2 N–H and O–H groups in total. The summed E-state index contributed by atoms with van der Waals surface area (Å²) in [5, 5.41) is 6.11. The Morgan fingerprint density at radius 1 is 1.26 bits per heavy atom. The number of halogens is 3. The molecule has 0 aromatic carbocycles. The quantitative estimate of drug-likeness (QED) is 0.788. The van der Waals surface area contributed by atoms with E-state index in [0.717, 1.165) is 0 Å². The fourth-order valence-corrected chi connectivity index (χ4v) is 1.87. The van der Waals surface area contributed by atoms with Gasteiger partial charge in [-0.1, -0.05) is 6.07 Å². The number of carbonyl (C=O) groups excluding carboxylic acids is 2. The third kappa shape index (κ3) is 6.80. The number of amides is 2. The maximum atomic E-state index is 11.8. The molecule has 8 heteroatoms. The molecule has 0 aliphatic carbocycles. The summed E-state index contributed by atoms with van der Waals surface area (Å²) in [6, 6.07) is 3.40. The van der Waals surface area contributed by atoms with Gasteiger partial charge in [0.05, 0.1) is 4.88 Å². The fourth-order valence-electron chi connectivity index (χ4n) is 1.23. The number of carbonyl (C=O) groups is 2. The van der Waals surface area contributed by atoms with Crippen molar-refractivity contribution in [2.24, 2.45) is 0 Å². The molecule has 0 aliphatic heterocycles. The van der Waals surface area contributed by atoms with Gasteiger partial charge in [0.15, 0.2) is 0 Å². The number of thiophene rings is 1. The Morgan fingerprint density at radius 3 is 2.58 bits per heavy atom. The number of hydrogen-bond donors (Lipinski definition) is 2. The Morgan fingerprint density at radius 2 is 2.00 bits per heavy atom. The Hall–Kier alpha value is -1.57. The summed E-state index contributed by atoms with van der Waals surface area (Å²) < 4.78 is 35.4. The lowest BCUT2D eigenvalue weighted by atomic mass is 10.3. The third-order valence-corrected chi connectivity index (χ3v) is 2.97. The van der Waals surface area contributed by atoms with Gasteiger partial charge in [-0.15, -0.1) is 11.3 Å². The van der Waals surface area contributed by atoms with Crippen LogP contribution in [0.25, 0.3) is 0 Å². The highest BCUT2D eigenvalue weighted by Gasteiger charge is 2.27. The zero-order valence-electron chi connectivity index (χ0n) is 9.92. The first-order valence-electron chi connectivity index (χ1n) is 5.53. The van der Waals surface area contributed by atoms with E-state index in [9.17, 15) is 22.8 Å². The summed E-state index contributed by atoms with van der Waals surface area (Å²) in [7, 11) is 0. The van der Waals surface area contributed by atoms with Gasteiger partial charge in [0.25, 0.3) is 5.91 Å². The minimum absolute atomic E-state index is 0.0548. The summed E-state index contributed by atoms with van der Waals surface area (Å²) >= 11 is 1.29. The molecule has 0 radical (unpaired) electrons. The zero-order valence-corrected chi connectivity index (χ0v) is 10.7. The van der Waals surface area contributed by atoms with Crippen molar-refractivity contribution >= 4 is 23.2 Å². The monoisotopic (exact) mass is 294 g/mol. The van der Waals surface area contributed by atoms with Crippen LogP contribution in [-0.4, -0.2) is 31.1 Å². The van der Waals surface area contributed by atoms with Crippen molar-refractivity contribution in [1.82, 2.24) is 10.6 Å². The maximum Gasteiger partial charge on any atom is 0.405 e. The molecule has 19 heavy (non-hydrogen) atoms. The minimum atomic E-state index is -4.40. The molecule has 106 valence electrons. The van der Waals surface area contributed by atoms with Gasteiger partial charge in [0.2, 0.25) is 5.91 Å². The molecule has 2 amide bonds. The summed E-state index contributed by atoms with van der Waals surface area (Å²) in [6.45, 7) is -1.08. The smallest absolute Gasteiger partial charge is 0.351 e. The molecule has 0 aliphatic rings. The van der Waals surface area contributed by atoms with E-state index in [1.807, 2.05) is 0 Å². The van der Waals surface area contributed by atoms with Crippen molar-refractivity contribution in [2.75, 3.05) is 13.1 Å². The topological polar surface area (TPSA) is 58.2 Å². The molecular formula is C11H13F3N2O2S. The molecule has 1 heterocycles. The first kappa shape index (κ1) is 15.5. The molecule has 0 spiro atoms. The van der Waals surface area contributed by atoms with Gasteiger partial charge < -0.3 is 10.6 Å². The Bertz CT molecular complexity index is 418. The van der Waals surface area contributed by atoms with E-state index in [1.54, 1.807) is 22.8 Å². The first-order valence-corrected chi connectivity index (χ1v) is 6.41. The van der Waals surface area contributed by atoms with Crippen LogP contribution in [0.3, 0.4) is 0 Å². The fraction of sp³-hybridized carbons (Fsp3) is 0.455. The van der Waals surface area contributed by atoms with Crippen LogP contribution in [0.2, 0.25) is 0 Å². The molecule has 1 aromatic heterocycles. The van der Waals surface area contributed by atoms with Crippen LogP contribution in [0.1, 0.15) is 22.5 Å². The highest BCUT2D eigenvalue weighted by Crippen LogP contribution is 2.12. The summed E-state index contributed by atoms with van der Waals surface area (Å²) in [4.78, 5) is 23.1. The van der Waals surface area contributed by atoms with Gasteiger partial charge in [-0.3, -0.25) is 9.59 Å². The van der Waals surface area contributed by atoms with Crippen LogP contribution in [0, 0.1) is 0 Å². The van der Waals surface area contributed by atoms with Gasteiger partial charge >= 0.3 is 6.18 Å². The van der Waals surface area contributed by atoms with E-state index in [1.165, 1.54) is 11.3 Å². The van der Waals surface area contributed by atoms with Crippen molar-refractivity contribution in [3.63, 3.8) is 0 Å². The normalized spacial score (nSPS) is 11.1. The van der Waals surface area contributed by atoms with E-state index >= 15 is 0 Å². The number of nitrogens with one attached hydrogen (secondary N) is 2. The van der Waals surface area contributed by atoms with Gasteiger partial charge in [0, 0.05) is 13.0 Å². The van der Waals surface area contributed by atoms with Crippen LogP contribution in [0.4, 0.5) is 13.2 Å². The van der Waals surface area contributed by atoms with Gasteiger partial charge in [0.1, 0.15) is 6.54 Å². The van der Waals surface area contributed by atoms with E-state index in [0.29, 0.717) is 11.3 Å². The molecule has 1 aromatic rings. The second kappa shape index (κ2) is 7.13. The van der Waals surface area contributed by atoms with Crippen LogP contribution in [0.5, 0.6) is 0 Å². The minimum Gasteiger partial charge on any atom is -0.351 e. The number of hydrogen-bond acceptors (Lipinski definition) is 3. The van der Waals surface area contributed by atoms with Crippen molar-refractivity contribution in [2.45, 2.75) is 19.0 Å². The van der Waals surface area contributed by atoms with E-state index < -0.39 is 18.6 Å². The molecule has 0 saturated carbocycles. The highest BCUT2D eigenvalue weighted by atomic mass is 32.1. The van der Waals surface area contributed by atoms with Crippen LogP contribution in [0.15, 0.2) is 17.5 Å². The SMILES string of the molecule is O=C(CCCNC(=O)c1cccs1)NCC(F)(F)F. The molecule has 0 unspecified atom stereocenters. The summed E-state index contributed by atoms with van der Waals surface area (Å²) in [5.41, 5.74) is 0. The maximum absolute atomic E-state index is 11.8. The van der Waals surface area contributed by atoms with E-state index in [-0.39, 0.29) is 18.9 Å². The molecule has 4 nitrogen and oxygen atoms in total. The van der Waals surface area contributed by atoms with Crippen LogP contribution >= 0.6 is 11.3 Å². The van der Waals surface area contributed by atoms with E-state index in [2.05, 4.69) is 5.32 Å².